The van der Waals surface area contributed by atoms with Gasteiger partial charge in [-0.05, 0) is 44.3 Å². The van der Waals surface area contributed by atoms with Gasteiger partial charge in [-0.2, -0.15) is 13.2 Å². The van der Waals surface area contributed by atoms with Crippen LogP contribution in [0.4, 0.5) is 13.2 Å². The van der Waals surface area contributed by atoms with E-state index >= 15 is 0 Å². The lowest BCUT2D eigenvalue weighted by Crippen LogP contribution is -2.14. The van der Waals surface area contributed by atoms with Crippen molar-refractivity contribution in [1.82, 2.24) is 9.88 Å². The Balaban J connectivity index is 2.06. The maximum Gasteiger partial charge on any atom is 0.417 e. The molecule has 4 nitrogen and oxygen atoms in total. The number of sulfone groups is 1. The van der Waals surface area contributed by atoms with E-state index in [9.17, 15) is 21.6 Å². The number of nitrogens with one attached hydrogen (secondary N) is 1. The first kappa shape index (κ1) is 18.9. The van der Waals surface area contributed by atoms with E-state index in [0.29, 0.717) is 11.3 Å². The molecule has 1 aromatic carbocycles. The second-order valence-corrected chi connectivity index (χ2v) is 9.37. The van der Waals surface area contributed by atoms with Crippen LogP contribution in [0.1, 0.15) is 11.1 Å². The first-order chi connectivity index (χ1) is 12.1. The monoisotopic (exact) mass is 402 g/mol. The van der Waals surface area contributed by atoms with E-state index < -0.39 is 26.5 Å². The van der Waals surface area contributed by atoms with Gasteiger partial charge in [-0.25, -0.2) is 8.42 Å². The number of likely N-dealkylation sites (N-methyl/N-ethyl adjacent to an activating group) is 1. The highest BCUT2D eigenvalue weighted by molar-refractivity contribution is 7.93. The van der Waals surface area contributed by atoms with Crippen molar-refractivity contribution in [2.45, 2.75) is 21.7 Å². The maximum atomic E-state index is 13.2. The minimum atomic E-state index is -4.74. The summed E-state index contributed by atoms with van der Waals surface area (Å²) in [5.74, 6) is 0. The van der Waals surface area contributed by atoms with Gasteiger partial charge in [-0.3, -0.25) is 0 Å². The lowest BCUT2D eigenvalue weighted by molar-refractivity contribution is -0.139. The number of nitrogens with zero attached hydrogens (tertiary/aromatic N) is 1. The summed E-state index contributed by atoms with van der Waals surface area (Å²) in [5.41, 5.74) is -0.208. The van der Waals surface area contributed by atoms with E-state index in [1.54, 1.807) is 0 Å². The van der Waals surface area contributed by atoms with Gasteiger partial charge in [0.1, 0.15) is 9.04 Å². The molecule has 0 saturated carbocycles. The highest BCUT2D eigenvalue weighted by atomic mass is 32.2. The molecule has 0 aliphatic rings. The Bertz CT molecular complexity index is 1030. The largest absolute Gasteiger partial charge is 0.417 e. The van der Waals surface area contributed by atoms with Crippen LogP contribution in [0.2, 0.25) is 0 Å². The molecule has 140 valence electrons. The third kappa shape index (κ3) is 3.51. The minimum Gasteiger partial charge on any atom is -0.353 e. The second-order valence-electron chi connectivity index (χ2n) is 6.17. The second kappa shape index (κ2) is 6.71. The van der Waals surface area contributed by atoms with Gasteiger partial charge < -0.3 is 9.88 Å². The third-order valence-electron chi connectivity index (χ3n) is 4.01. The zero-order chi connectivity index (χ0) is 19.1. The molecule has 3 rings (SSSR count). The summed E-state index contributed by atoms with van der Waals surface area (Å²) in [4.78, 5) is 4.94. The molecule has 9 heteroatoms. The van der Waals surface area contributed by atoms with E-state index in [4.69, 9.17) is 0 Å². The van der Waals surface area contributed by atoms with Crippen LogP contribution in [0.3, 0.4) is 0 Å². The molecule has 0 atom stereocenters. The molecule has 0 aliphatic carbocycles. The molecule has 0 saturated heterocycles. The van der Waals surface area contributed by atoms with Crippen molar-refractivity contribution in [3.05, 3.63) is 47.7 Å². The molecular weight excluding hydrogens is 385 g/mol. The van der Waals surface area contributed by atoms with Gasteiger partial charge in [0.05, 0.1) is 10.5 Å². The number of fused-ring (bicyclic) bond motifs is 1. The molecule has 0 bridgehead atoms. The fourth-order valence-corrected chi connectivity index (χ4v) is 5.65. The Hall–Kier alpha value is -1.84. The van der Waals surface area contributed by atoms with Gasteiger partial charge in [0.15, 0.2) is 0 Å². The molecule has 0 aliphatic heterocycles. The molecule has 0 amide bonds. The van der Waals surface area contributed by atoms with Crippen LogP contribution in [0, 0.1) is 0 Å². The summed E-state index contributed by atoms with van der Waals surface area (Å²) in [6.45, 7) is 0.780. The molecule has 1 N–H and O–H groups in total. The molecule has 3 aromatic rings. The predicted molar refractivity (Wildman–Crippen MR) is 95.3 cm³/mol. The average molecular weight is 402 g/mol. The Morgan fingerprint density at radius 1 is 1.19 bits per heavy atom. The summed E-state index contributed by atoms with van der Waals surface area (Å²) >= 11 is 0.949. The number of aromatic nitrogens is 1. The maximum absolute atomic E-state index is 13.2. The first-order valence-electron chi connectivity index (χ1n) is 7.76. The first-order valence-corrected chi connectivity index (χ1v) is 10.1. The number of alkyl halides is 3. The van der Waals surface area contributed by atoms with Crippen LogP contribution >= 0.6 is 11.3 Å². The summed E-state index contributed by atoms with van der Waals surface area (Å²) in [6.07, 6.45) is -2.22. The number of hydrogen-bond acceptors (Lipinski definition) is 4. The van der Waals surface area contributed by atoms with Crippen molar-refractivity contribution in [3.63, 3.8) is 0 Å². The van der Waals surface area contributed by atoms with Crippen molar-refractivity contribution in [3.8, 4) is 0 Å². The smallest absolute Gasteiger partial charge is 0.353 e. The number of aromatic amines is 1. The van der Waals surface area contributed by atoms with Gasteiger partial charge in [0.25, 0.3) is 0 Å². The lowest BCUT2D eigenvalue weighted by atomic mass is 10.2. The lowest BCUT2D eigenvalue weighted by Gasteiger charge is -2.12. The van der Waals surface area contributed by atoms with Crippen LogP contribution in [0.15, 0.2) is 45.6 Å². The standard InChI is InChI=1S/C17H17F3N2O2S2/c1-22(2)8-7-11-10-21-16-12(11)9-15(25-16)26(23,24)14-6-4-3-5-13(14)17(18,19)20/h3-6,9-10,21H,7-8H2,1-2H3. The molecular formula is C17H17F3N2O2S2. The Kier molecular flexibility index (Phi) is 4.89. The van der Waals surface area contributed by atoms with Crippen molar-refractivity contribution in [2.24, 2.45) is 0 Å². The molecule has 26 heavy (non-hydrogen) atoms. The normalized spacial score (nSPS) is 13.0. The average Bonchev–Trinajstić information content (AvgIpc) is 3.13. The Morgan fingerprint density at radius 3 is 2.54 bits per heavy atom. The number of hydrogen-bond donors (Lipinski definition) is 1. The third-order valence-corrected chi connectivity index (χ3v) is 7.36. The van der Waals surface area contributed by atoms with Crippen molar-refractivity contribution < 1.29 is 21.6 Å². The van der Waals surface area contributed by atoms with E-state index in [1.165, 1.54) is 18.2 Å². The van der Waals surface area contributed by atoms with Crippen molar-refractivity contribution in [1.29, 1.82) is 0 Å². The number of H-pyrrole nitrogens is 1. The van der Waals surface area contributed by atoms with Gasteiger partial charge >= 0.3 is 6.18 Å². The number of thiophene rings is 1. The number of benzene rings is 1. The highest BCUT2D eigenvalue weighted by Gasteiger charge is 2.37. The van der Waals surface area contributed by atoms with E-state index in [1.807, 2.05) is 25.2 Å². The summed E-state index contributed by atoms with van der Waals surface area (Å²) in [5, 5.41) is 0.736. The number of rotatable bonds is 5. The molecule has 0 radical (unpaired) electrons. The predicted octanol–water partition coefficient (Wildman–Crippen LogP) is 4.19. The zero-order valence-corrected chi connectivity index (χ0v) is 15.7. The van der Waals surface area contributed by atoms with Crippen LogP contribution in [-0.4, -0.2) is 38.9 Å². The summed E-state index contributed by atoms with van der Waals surface area (Å²) in [7, 11) is -0.401. The van der Waals surface area contributed by atoms with E-state index in [-0.39, 0.29) is 4.21 Å². The van der Waals surface area contributed by atoms with Crippen molar-refractivity contribution >= 4 is 31.4 Å². The SMILES string of the molecule is CN(C)CCc1c[nH]c2sc(S(=O)(=O)c3ccccc3C(F)(F)F)cc12. The fourth-order valence-electron chi connectivity index (χ4n) is 2.67. The zero-order valence-electron chi connectivity index (χ0n) is 14.1. The van der Waals surface area contributed by atoms with Gasteiger partial charge in [-0.1, -0.05) is 12.1 Å². The Labute approximate surface area is 153 Å². The van der Waals surface area contributed by atoms with E-state index in [0.717, 1.165) is 41.0 Å². The highest BCUT2D eigenvalue weighted by Crippen LogP contribution is 2.39. The van der Waals surface area contributed by atoms with E-state index in [2.05, 4.69) is 4.98 Å². The van der Waals surface area contributed by atoms with Crippen LogP contribution < -0.4 is 0 Å². The number of halogens is 3. The topological polar surface area (TPSA) is 53.2 Å². The molecule has 0 fully saturated rings. The van der Waals surface area contributed by atoms with Gasteiger partial charge in [-0.15, -0.1) is 11.3 Å². The molecule has 2 heterocycles. The molecule has 0 spiro atoms. The quantitative estimate of drug-likeness (QED) is 0.696. The van der Waals surface area contributed by atoms with Crippen LogP contribution in [0.5, 0.6) is 0 Å². The van der Waals surface area contributed by atoms with Crippen molar-refractivity contribution in [2.75, 3.05) is 20.6 Å². The van der Waals surface area contributed by atoms with Gasteiger partial charge in [0.2, 0.25) is 9.84 Å². The summed E-state index contributed by atoms with van der Waals surface area (Å²) in [6, 6.07) is 5.72. The van der Waals surface area contributed by atoms with Crippen LogP contribution in [0.25, 0.3) is 10.2 Å². The van der Waals surface area contributed by atoms with Crippen LogP contribution in [-0.2, 0) is 22.4 Å². The Morgan fingerprint density at radius 2 is 1.88 bits per heavy atom. The summed E-state index contributed by atoms with van der Waals surface area (Å²) < 4.78 is 65.2. The van der Waals surface area contributed by atoms with Gasteiger partial charge in [0, 0.05) is 18.1 Å². The fraction of sp³-hybridized carbons (Fsp3) is 0.294. The minimum absolute atomic E-state index is 0.0952. The molecule has 2 aromatic heterocycles. The molecule has 0 unspecified atom stereocenters.